The Bertz CT molecular complexity index is 794. The number of aromatic hydroxyl groups is 1. The second-order valence-corrected chi connectivity index (χ2v) is 7.25. The number of nitrogens with one attached hydrogen (secondary N) is 2. The van der Waals surface area contributed by atoms with Gasteiger partial charge < -0.3 is 10.5 Å². The molecule has 3 N–H and O–H groups in total. The first kappa shape index (κ1) is 24.7. The average Bonchev–Trinajstić information content (AvgIpc) is 2.71. The molecule has 2 aromatic rings. The maximum absolute atomic E-state index is 9.19. The summed E-state index contributed by atoms with van der Waals surface area (Å²) in [5.74, 6) is 0.370. The summed E-state index contributed by atoms with van der Waals surface area (Å²) in [6.45, 7) is 8.14. The van der Waals surface area contributed by atoms with Gasteiger partial charge in [-0.2, -0.15) is 10.2 Å². The van der Waals surface area contributed by atoms with Gasteiger partial charge in [0.1, 0.15) is 5.75 Å². The first-order valence-corrected chi connectivity index (χ1v) is 10.6. The van der Waals surface area contributed by atoms with E-state index in [9.17, 15) is 5.11 Å². The van der Waals surface area contributed by atoms with Crippen LogP contribution in [0, 0.1) is 5.53 Å². The van der Waals surface area contributed by atoms with Crippen molar-refractivity contribution in [1.29, 1.82) is 5.53 Å². The number of hydrazone groups is 1. The van der Waals surface area contributed by atoms with Crippen LogP contribution in [0.25, 0.3) is 0 Å². The van der Waals surface area contributed by atoms with Crippen LogP contribution < -0.4 is 5.43 Å². The van der Waals surface area contributed by atoms with Crippen molar-refractivity contribution in [2.24, 2.45) is 10.2 Å². The first-order valence-electron chi connectivity index (χ1n) is 10.2. The van der Waals surface area contributed by atoms with Gasteiger partial charge in [-0.15, -0.1) is 12.6 Å². The van der Waals surface area contributed by atoms with Gasteiger partial charge in [-0.25, -0.2) is 5.53 Å². The lowest BCUT2D eigenvalue weighted by atomic mass is 9.63. The molecule has 0 radical (unpaired) electrons. The molecule has 0 unspecified atom stereocenters. The largest absolute Gasteiger partial charge is 0.508 e. The molecule has 2 aromatic carbocycles. The van der Waals surface area contributed by atoms with Crippen molar-refractivity contribution < 1.29 is 5.11 Å². The molecule has 0 bridgehead atoms. The summed E-state index contributed by atoms with van der Waals surface area (Å²) in [5.41, 5.74) is 13.8. The summed E-state index contributed by atoms with van der Waals surface area (Å²) in [4.78, 5) is 0.695. The predicted octanol–water partition coefficient (Wildman–Crippen LogP) is 6.83. The smallest absolute Gasteiger partial charge is 0.115 e. The van der Waals surface area contributed by atoms with Crippen LogP contribution in [-0.4, -0.2) is 17.9 Å². The van der Waals surface area contributed by atoms with E-state index in [0.29, 0.717) is 21.7 Å². The fraction of sp³-hybridized carbons (Fsp3) is 0.435. The molecular weight excluding hydrogens is 380 g/mol. The van der Waals surface area contributed by atoms with Gasteiger partial charge in [0.2, 0.25) is 0 Å². The highest BCUT2D eigenvalue weighted by atomic mass is 32.1. The van der Waals surface area contributed by atoms with Crippen molar-refractivity contribution in [1.82, 2.24) is 5.43 Å². The SMILES string of the molecule is CC.CCC1(c2ccc(O)cc2)CCC1.CN/N=C(\C)c1ccc(S)c(N=N)c1. The molecule has 29 heavy (non-hydrogen) atoms. The predicted molar refractivity (Wildman–Crippen MR) is 125 cm³/mol. The molecule has 3 rings (SSSR count). The maximum Gasteiger partial charge on any atom is 0.115 e. The lowest BCUT2D eigenvalue weighted by molar-refractivity contribution is 0.234. The van der Waals surface area contributed by atoms with Crippen LogP contribution in [0.2, 0.25) is 0 Å². The van der Waals surface area contributed by atoms with Gasteiger partial charge in [0.05, 0.1) is 11.4 Å². The van der Waals surface area contributed by atoms with E-state index in [4.69, 9.17) is 5.53 Å². The van der Waals surface area contributed by atoms with Crippen LogP contribution in [-0.2, 0) is 5.41 Å². The van der Waals surface area contributed by atoms with E-state index in [0.717, 1.165) is 11.3 Å². The highest BCUT2D eigenvalue weighted by molar-refractivity contribution is 7.80. The molecule has 0 spiro atoms. The standard InChI is InChI=1S/C12H16O.C9H12N4S.C2H6/c1-2-12(8-3-9-12)10-4-6-11(13)7-5-10;1-6(13-11-2)7-3-4-9(14)8(5-7)12-10;1-2/h4-7,13H,2-3,8-9H2,1H3;3-5,10-11,14H,1-2H3;1-2H3/b;12-10?,13-6+;. The van der Waals surface area contributed by atoms with Crippen LogP contribution >= 0.6 is 12.6 Å². The van der Waals surface area contributed by atoms with Crippen LogP contribution in [0.3, 0.4) is 0 Å². The van der Waals surface area contributed by atoms with Gasteiger partial charge in [-0.1, -0.05) is 45.4 Å². The normalized spacial score (nSPS) is 14.3. The Labute approximate surface area is 180 Å². The summed E-state index contributed by atoms with van der Waals surface area (Å²) in [6.07, 6.45) is 5.20. The molecule has 6 heteroatoms. The quantitative estimate of drug-likeness (QED) is 0.187. The Kier molecular flexibility index (Phi) is 10.5. The summed E-state index contributed by atoms with van der Waals surface area (Å²) in [6, 6.07) is 13.2. The van der Waals surface area contributed by atoms with Gasteiger partial charge in [0, 0.05) is 11.9 Å². The van der Waals surface area contributed by atoms with Crippen LogP contribution in [0.5, 0.6) is 5.75 Å². The molecule has 1 fully saturated rings. The molecule has 0 atom stereocenters. The van der Waals surface area contributed by atoms with Crippen molar-refractivity contribution in [3.63, 3.8) is 0 Å². The molecule has 5 nitrogen and oxygen atoms in total. The third-order valence-corrected chi connectivity index (χ3v) is 5.64. The van der Waals surface area contributed by atoms with Crippen LogP contribution in [0.15, 0.2) is 57.6 Å². The molecular formula is C23H34N4OS. The number of phenolic OH excluding ortho intramolecular Hbond substituents is 1. The Balaban J connectivity index is 0.000000268. The molecule has 0 heterocycles. The number of benzene rings is 2. The lowest BCUT2D eigenvalue weighted by Crippen LogP contribution is -2.33. The van der Waals surface area contributed by atoms with E-state index in [1.54, 1.807) is 31.3 Å². The third kappa shape index (κ3) is 6.60. The summed E-state index contributed by atoms with van der Waals surface area (Å²) >= 11 is 4.18. The first-order chi connectivity index (χ1) is 14.0. The number of hydrogen-bond donors (Lipinski definition) is 4. The topological polar surface area (TPSA) is 80.8 Å². The molecule has 0 amide bonds. The molecule has 1 aliphatic carbocycles. The van der Waals surface area contributed by atoms with Crippen molar-refractivity contribution >= 4 is 24.0 Å². The highest BCUT2D eigenvalue weighted by Gasteiger charge is 2.36. The zero-order valence-electron chi connectivity index (χ0n) is 18.2. The van der Waals surface area contributed by atoms with E-state index in [2.05, 4.69) is 47.3 Å². The number of nitrogens with zero attached hydrogens (tertiary/aromatic N) is 2. The van der Waals surface area contributed by atoms with E-state index in [1.165, 1.54) is 31.2 Å². The Morgan fingerprint density at radius 2 is 1.79 bits per heavy atom. The van der Waals surface area contributed by atoms with Gasteiger partial charge in [0.25, 0.3) is 0 Å². The zero-order valence-corrected chi connectivity index (χ0v) is 19.1. The monoisotopic (exact) mass is 414 g/mol. The Hall–Kier alpha value is -2.34. The average molecular weight is 415 g/mol. The van der Waals surface area contributed by atoms with Gasteiger partial charge in [-0.3, -0.25) is 0 Å². The van der Waals surface area contributed by atoms with E-state index in [1.807, 2.05) is 26.8 Å². The molecule has 158 valence electrons. The number of thiol groups is 1. The second kappa shape index (κ2) is 12.3. The van der Waals surface area contributed by atoms with E-state index < -0.39 is 0 Å². The van der Waals surface area contributed by atoms with E-state index in [-0.39, 0.29) is 0 Å². The highest BCUT2D eigenvalue weighted by Crippen LogP contribution is 2.46. The molecule has 0 saturated heterocycles. The van der Waals surface area contributed by atoms with Crippen molar-refractivity contribution in [3.05, 3.63) is 53.6 Å². The minimum Gasteiger partial charge on any atom is -0.508 e. The molecule has 0 aromatic heterocycles. The van der Waals surface area contributed by atoms with Gasteiger partial charge >= 0.3 is 0 Å². The fourth-order valence-corrected chi connectivity index (χ4v) is 3.52. The Morgan fingerprint density at radius 1 is 1.17 bits per heavy atom. The molecule has 1 saturated carbocycles. The van der Waals surface area contributed by atoms with Gasteiger partial charge in [-0.05, 0) is 67.0 Å². The van der Waals surface area contributed by atoms with Crippen molar-refractivity contribution in [2.45, 2.75) is 63.7 Å². The van der Waals surface area contributed by atoms with Crippen LogP contribution in [0.1, 0.15) is 64.5 Å². The lowest BCUT2D eigenvalue weighted by Gasteiger charge is -2.42. The minimum atomic E-state index is 0.370. The summed E-state index contributed by atoms with van der Waals surface area (Å²) in [7, 11) is 1.74. The van der Waals surface area contributed by atoms with Crippen LogP contribution in [0.4, 0.5) is 5.69 Å². The second-order valence-electron chi connectivity index (χ2n) is 6.77. The van der Waals surface area contributed by atoms with Crippen molar-refractivity contribution in [3.8, 4) is 5.75 Å². The maximum atomic E-state index is 9.19. The minimum absolute atomic E-state index is 0.370. The third-order valence-electron chi connectivity index (χ3n) is 5.26. The Morgan fingerprint density at radius 3 is 2.24 bits per heavy atom. The van der Waals surface area contributed by atoms with Gasteiger partial charge in [0.15, 0.2) is 0 Å². The van der Waals surface area contributed by atoms with Crippen molar-refractivity contribution in [2.75, 3.05) is 7.05 Å². The number of phenols is 1. The summed E-state index contributed by atoms with van der Waals surface area (Å²) in [5, 5.41) is 16.6. The number of rotatable bonds is 5. The zero-order chi connectivity index (χ0) is 21.9. The fourth-order valence-electron chi connectivity index (χ4n) is 3.34. The van der Waals surface area contributed by atoms with E-state index >= 15 is 0 Å². The summed E-state index contributed by atoms with van der Waals surface area (Å²) < 4.78 is 0. The number of hydrogen-bond acceptors (Lipinski definition) is 6. The molecule has 0 aliphatic heterocycles. The molecule has 1 aliphatic rings.